The van der Waals surface area contributed by atoms with Crippen LogP contribution >= 0.6 is 0 Å². The van der Waals surface area contributed by atoms with Crippen LogP contribution in [-0.2, 0) is 4.74 Å². The fourth-order valence-electron chi connectivity index (χ4n) is 4.05. The van der Waals surface area contributed by atoms with Crippen molar-refractivity contribution in [1.29, 1.82) is 0 Å². The molecule has 2 unspecified atom stereocenters. The van der Waals surface area contributed by atoms with Gasteiger partial charge in [0.25, 0.3) is 0 Å². The summed E-state index contributed by atoms with van der Waals surface area (Å²) in [7, 11) is 0. The Hall–Kier alpha value is -0.770. The molecule has 2 atom stereocenters. The molecule has 2 N–H and O–H groups in total. The third-order valence-electron chi connectivity index (χ3n) is 5.47. The predicted molar refractivity (Wildman–Crippen MR) is 94.5 cm³/mol. The van der Waals surface area contributed by atoms with E-state index in [0.29, 0.717) is 17.4 Å². The molecule has 0 aliphatic heterocycles. The first-order valence-corrected chi connectivity index (χ1v) is 9.25. The van der Waals surface area contributed by atoms with Crippen LogP contribution in [0.2, 0.25) is 0 Å². The molecule has 2 saturated carbocycles. The van der Waals surface area contributed by atoms with Gasteiger partial charge in [-0.05, 0) is 70.6 Å². The Balaban J connectivity index is 1.84. The smallest absolute Gasteiger partial charge is 0.408 e. The van der Waals surface area contributed by atoms with E-state index in [1.165, 1.54) is 25.7 Å². The van der Waals surface area contributed by atoms with Gasteiger partial charge in [-0.3, -0.25) is 0 Å². The lowest BCUT2D eigenvalue weighted by atomic mass is 9.70. The highest BCUT2D eigenvalue weighted by molar-refractivity contribution is 5.69. The third kappa shape index (κ3) is 5.37. The zero-order valence-corrected chi connectivity index (χ0v) is 15.9. The summed E-state index contributed by atoms with van der Waals surface area (Å²) in [5.74, 6) is 0.692. The summed E-state index contributed by atoms with van der Waals surface area (Å²) in [6, 6.07) is 0.570. The molecule has 2 fully saturated rings. The molecule has 0 aromatic heterocycles. The van der Waals surface area contributed by atoms with E-state index in [4.69, 9.17) is 4.74 Å². The van der Waals surface area contributed by atoms with E-state index in [2.05, 4.69) is 31.4 Å². The van der Waals surface area contributed by atoms with Crippen molar-refractivity contribution in [1.82, 2.24) is 10.6 Å². The highest BCUT2D eigenvalue weighted by Gasteiger charge is 2.41. The summed E-state index contributed by atoms with van der Waals surface area (Å²) in [5, 5.41) is 6.88. The van der Waals surface area contributed by atoms with Crippen LogP contribution in [0.5, 0.6) is 0 Å². The molecule has 1 amide bonds. The molecule has 2 aliphatic carbocycles. The van der Waals surface area contributed by atoms with Gasteiger partial charge in [0.15, 0.2) is 0 Å². The Morgan fingerprint density at radius 1 is 1.22 bits per heavy atom. The zero-order chi connectivity index (χ0) is 17.3. The molecule has 0 spiro atoms. The summed E-state index contributed by atoms with van der Waals surface area (Å²) in [5.41, 5.74) is -0.0680. The van der Waals surface area contributed by atoms with Crippen molar-refractivity contribution in [2.24, 2.45) is 11.3 Å². The number of amides is 1. The normalized spacial score (nSPS) is 29.5. The van der Waals surface area contributed by atoms with E-state index >= 15 is 0 Å². The second-order valence-corrected chi connectivity index (χ2v) is 9.63. The Labute approximate surface area is 142 Å². The number of carbonyl (C=O) groups excluding carboxylic acids is 1. The lowest BCUT2D eigenvalue weighted by Gasteiger charge is -2.46. The van der Waals surface area contributed by atoms with Gasteiger partial charge in [-0.15, -0.1) is 0 Å². The Morgan fingerprint density at radius 3 is 2.35 bits per heavy atom. The van der Waals surface area contributed by atoms with Crippen molar-refractivity contribution in [3.05, 3.63) is 0 Å². The standard InChI is InChI=1S/C19H36N2O2/c1-14-12-18(5,6)11-8-15(14)20-13-19(9-7-10-19)21-16(22)23-17(2,3)4/h14-15,20H,7-13H2,1-6H3,(H,21,22). The van der Waals surface area contributed by atoms with E-state index in [9.17, 15) is 4.79 Å². The van der Waals surface area contributed by atoms with Crippen molar-refractivity contribution in [2.45, 2.75) is 97.2 Å². The number of hydrogen-bond donors (Lipinski definition) is 2. The van der Waals surface area contributed by atoms with Crippen LogP contribution in [0.15, 0.2) is 0 Å². The number of hydrogen-bond acceptors (Lipinski definition) is 3. The van der Waals surface area contributed by atoms with Crippen LogP contribution in [0.3, 0.4) is 0 Å². The van der Waals surface area contributed by atoms with E-state index in [0.717, 1.165) is 19.4 Å². The Morgan fingerprint density at radius 2 is 1.87 bits per heavy atom. The topological polar surface area (TPSA) is 50.4 Å². The van der Waals surface area contributed by atoms with Crippen molar-refractivity contribution in [2.75, 3.05) is 6.54 Å². The minimum Gasteiger partial charge on any atom is -0.444 e. The molecule has 2 aliphatic rings. The van der Waals surface area contributed by atoms with Crippen LogP contribution in [0.4, 0.5) is 4.79 Å². The summed E-state index contributed by atoms with van der Waals surface area (Å²) in [6.07, 6.45) is 6.79. The van der Waals surface area contributed by atoms with E-state index in [-0.39, 0.29) is 11.6 Å². The fraction of sp³-hybridized carbons (Fsp3) is 0.947. The van der Waals surface area contributed by atoms with Gasteiger partial charge in [0, 0.05) is 12.6 Å². The first-order chi connectivity index (χ1) is 10.5. The van der Waals surface area contributed by atoms with Crippen LogP contribution in [0.25, 0.3) is 0 Å². The Bertz CT molecular complexity index is 422. The maximum atomic E-state index is 12.1. The molecule has 0 aromatic rings. The van der Waals surface area contributed by atoms with Crippen molar-refractivity contribution < 1.29 is 9.53 Å². The van der Waals surface area contributed by atoms with Crippen LogP contribution in [0.1, 0.15) is 80.1 Å². The summed E-state index contributed by atoms with van der Waals surface area (Å²) in [4.78, 5) is 12.1. The molecule has 0 radical (unpaired) electrons. The SMILES string of the molecule is CC1CC(C)(C)CCC1NCC1(NC(=O)OC(C)(C)C)CCC1. The van der Waals surface area contributed by atoms with Crippen molar-refractivity contribution >= 4 is 6.09 Å². The average Bonchev–Trinajstić information content (AvgIpc) is 2.31. The molecular formula is C19H36N2O2. The second-order valence-electron chi connectivity index (χ2n) is 9.63. The largest absolute Gasteiger partial charge is 0.444 e. The number of alkyl carbamates (subject to hydrolysis) is 1. The molecule has 4 nitrogen and oxygen atoms in total. The first-order valence-electron chi connectivity index (χ1n) is 9.25. The maximum Gasteiger partial charge on any atom is 0.408 e. The van der Waals surface area contributed by atoms with Crippen LogP contribution in [0, 0.1) is 11.3 Å². The monoisotopic (exact) mass is 324 g/mol. The van der Waals surface area contributed by atoms with Crippen molar-refractivity contribution in [3.63, 3.8) is 0 Å². The number of rotatable bonds is 4. The van der Waals surface area contributed by atoms with Crippen molar-refractivity contribution in [3.8, 4) is 0 Å². The minimum absolute atomic E-state index is 0.102. The minimum atomic E-state index is -0.439. The van der Waals surface area contributed by atoms with E-state index < -0.39 is 5.60 Å². The fourth-order valence-corrected chi connectivity index (χ4v) is 4.05. The van der Waals surface area contributed by atoms with Gasteiger partial charge in [-0.1, -0.05) is 20.8 Å². The molecule has 0 heterocycles. The first kappa shape index (κ1) is 18.6. The maximum absolute atomic E-state index is 12.1. The summed E-state index contributed by atoms with van der Waals surface area (Å²) >= 11 is 0. The molecule has 134 valence electrons. The molecule has 23 heavy (non-hydrogen) atoms. The molecular weight excluding hydrogens is 288 g/mol. The van der Waals surface area contributed by atoms with Gasteiger partial charge in [-0.25, -0.2) is 4.79 Å². The van der Waals surface area contributed by atoms with Crippen LogP contribution < -0.4 is 10.6 Å². The van der Waals surface area contributed by atoms with Crippen LogP contribution in [-0.4, -0.2) is 29.8 Å². The van der Waals surface area contributed by atoms with E-state index in [1.807, 2.05) is 20.8 Å². The second kappa shape index (κ2) is 6.62. The molecule has 0 bridgehead atoms. The molecule has 0 aromatic carbocycles. The summed E-state index contributed by atoms with van der Waals surface area (Å²) in [6.45, 7) is 13.7. The van der Waals surface area contributed by atoms with Gasteiger partial charge >= 0.3 is 6.09 Å². The highest BCUT2D eigenvalue weighted by Crippen LogP contribution is 2.39. The average molecular weight is 325 g/mol. The van der Waals surface area contributed by atoms with Gasteiger partial charge in [-0.2, -0.15) is 0 Å². The Kier molecular flexibility index (Phi) is 5.34. The lowest BCUT2D eigenvalue weighted by Crippen LogP contribution is -2.61. The van der Waals surface area contributed by atoms with Gasteiger partial charge in [0.2, 0.25) is 0 Å². The number of ether oxygens (including phenoxy) is 1. The third-order valence-corrected chi connectivity index (χ3v) is 5.47. The molecule has 2 rings (SSSR count). The van der Waals surface area contributed by atoms with Gasteiger partial charge < -0.3 is 15.4 Å². The highest BCUT2D eigenvalue weighted by atomic mass is 16.6. The molecule has 4 heteroatoms. The number of carbonyl (C=O) groups is 1. The lowest BCUT2D eigenvalue weighted by molar-refractivity contribution is 0.0368. The quantitative estimate of drug-likeness (QED) is 0.813. The van der Waals surface area contributed by atoms with Gasteiger partial charge in [0.1, 0.15) is 5.60 Å². The summed E-state index contributed by atoms with van der Waals surface area (Å²) < 4.78 is 5.43. The van der Waals surface area contributed by atoms with Gasteiger partial charge in [0.05, 0.1) is 5.54 Å². The van der Waals surface area contributed by atoms with E-state index in [1.54, 1.807) is 0 Å². The number of nitrogens with one attached hydrogen (secondary N) is 2. The zero-order valence-electron chi connectivity index (χ0n) is 15.9. The molecule has 0 saturated heterocycles. The predicted octanol–water partition coefficient (Wildman–Crippen LogP) is 4.24.